The zero-order chi connectivity index (χ0) is 12.3. The van der Waals surface area contributed by atoms with Crippen molar-refractivity contribution >= 4 is 0 Å². The largest absolute Gasteiger partial charge is 0.316 e. The molecule has 0 radical (unpaired) electrons. The average molecular weight is 231 g/mol. The average Bonchev–Trinajstić information content (AvgIpc) is 2.73. The first-order valence-corrected chi connectivity index (χ1v) is 6.92. The molecule has 1 saturated carbocycles. The SMILES string of the molecule is CNC(Cc1cccc(C)c1)C1CCC(C)C1. The van der Waals surface area contributed by atoms with E-state index in [2.05, 4.69) is 50.5 Å². The molecule has 1 aromatic carbocycles. The monoisotopic (exact) mass is 231 g/mol. The molecule has 2 rings (SSSR count). The van der Waals surface area contributed by atoms with Crippen LogP contribution in [0.1, 0.15) is 37.3 Å². The van der Waals surface area contributed by atoms with Crippen molar-refractivity contribution in [3.05, 3.63) is 35.4 Å². The highest BCUT2D eigenvalue weighted by atomic mass is 14.9. The predicted molar refractivity (Wildman–Crippen MR) is 74.2 cm³/mol. The first kappa shape index (κ1) is 12.6. The summed E-state index contributed by atoms with van der Waals surface area (Å²) in [5, 5.41) is 3.53. The van der Waals surface area contributed by atoms with E-state index >= 15 is 0 Å². The summed E-state index contributed by atoms with van der Waals surface area (Å²) in [6, 6.07) is 9.59. The minimum Gasteiger partial charge on any atom is -0.316 e. The summed E-state index contributed by atoms with van der Waals surface area (Å²) >= 11 is 0. The van der Waals surface area contributed by atoms with Crippen molar-refractivity contribution in [2.75, 3.05) is 7.05 Å². The fourth-order valence-electron chi connectivity index (χ4n) is 3.21. The van der Waals surface area contributed by atoms with Gasteiger partial charge in [-0.1, -0.05) is 43.2 Å². The maximum Gasteiger partial charge on any atom is 0.0133 e. The molecular formula is C16H25N. The molecule has 0 spiro atoms. The molecule has 0 aliphatic heterocycles. The lowest BCUT2D eigenvalue weighted by molar-refractivity contribution is 0.367. The van der Waals surface area contributed by atoms with Gasteiger partial charge < -0.3 is 5.32 Å². The molecule has 1 N–H and O–H groups in total. The number of hydrogen-bond acceptors (Lipinski definition) is 1. The van der Waals surface area contributed by atoms with Crippen LogP contribution in [0.2, 0.25) is 0 Å². The number of rotatable bonds is 4. The first-order chi connectivity index (χ1) is 8.19. The zero-order valence-corrected chi connectivity index (χ0v) is 11.4. The minimum absolute atomic E-state index is 0.654. The van der Waals surface area contributed by atoms with Gasteiger partial charge in [0.05, 0.1) is 0 Å². The van der Waals surface area contributed by atoms with Crippen molar-refractivity contribution in [1.82, 2.24) is 5.32 Å². The van der Waals surface area contributed by atoms with Gasteiger partial charge >= 0.3 is 0 Å². The Balaban J connectivity index is 2.00. The second-order valence-electron chi connectivity index (χ2n) is 5.77. The number of benzene rings is 1. The van der Waals surface area contributed by atoms with Crippen molar-refractivity contribution in [1.29, 1.82) is 0 Å². The molecule has 1 aliphatic carbocycles. The fraction of sp³-hybridized carbons (Fsp3) is 0.625. The zero-order valence-electron chi connectivity index (χ0n) is 11.4. The lowest BCUT2D eigenvalue weighted by Crippen LogP contribution is -2.34. The van der Waals surface area contributed by atoms with Gasteiger partial charge in [0.1, 0.15) is 0 Å². The summed E-state index contributed by atoms with van der Waals surface area (Å²) in [7, 11) is 2.11. The third kappa shape index (κ3) is 3.32. The van der Waals surface area contributed by atoms with Gasteiger partial charge in [-0.15, -0.1) is 0 Å². The highest BCUT2D eigenvalue weighted by Gasteiger charge is 2.27. The quantitative estimate of drug-likeness (QED) is 0.835. The van der Waals surface area contributed by atoms with E-state index < -0.39 is 0 Å². The van der Waals surface area contributed by atoms with Gasteiger partial charge in [-0.05, 0) is 50.6 Å². The Morgan fingerprint density at radius 1 is 1.35 bits per heavy atom. The maximum atomic E-state index is 3.53. The van der Waals surface area contributed by atoms with E-state index in [0.29, 0.717) is 6.04 Å². The smallest absolute Gasteiger partial charge is 0.0133 e. The van der Waals surface area contributed by atoms with Crippen LogP contribution >= 0.6 is 0 Å². The minimum atomic E-state index is 0.654. The predicted octanol–water partition coefficient (Wildman–Crippen LogP) is 3.56. The van der Waals surface area contributed by atoms with E-state index in [9.17, 15) is 0 Å². The van der Waals surface area contributed by atoms with Crippen molar-refractivity contribution in [2.45, 2.75) is 45.6 Å². The van der Waals surface area contributed by atoms with Crippen molar-refractivity contribution < 1.29 is 0 Å². The molecule has 0 bridgehead atoms. The number of likely N-dealkylation sites (N-methyl/N-ethyl adjacent to an activating group) is 1. The van der Waals surface area contributed by atoms with Gasteiger partial charge in [-0.3, -0.25) is 0 Å². The molecule has 0 saturated heterocycles. The fourth-order valence-corrected chi connectivity index (χ4v) is 3.21. The van der Waals surface area contributed by atoms with E-state index in [1.54, 1.807) is 0 Å². The van der Waals surface area contributed by atoms with Crippen LogP contribution in [-0.4, -0.2) is 13.1 Å². The summed E-state index contributed by atoms with van der Waals surface area (Å²) in [6.07, 6.45) is 5.39. The molecule has 1 fully saturated rings. The molecule has 3 atom stereocenters. The van der Waals surface area contributed by atoms with E-state index in [1.807, 2.05) is 0 Å². The van der Waals surface area contributed by atoms with Gasteiger partial charge in [0.15, 0.2) is 0 Å². The lowest BCUT2D eigenvalue weighted by atomic mass is 9.91. The maximum absolute atomic E-state index is 3.53. The van der Waals surface area contributed by atoms with Crippen LogP contribution in [0.3, 0.4) is 0 Å². The second-order valence-corrected chi connectivity index (χ2v) is 5.77. The van der Waals surface area contributed by atoms with E-state index in [1.165, 1.54) is 36.8 Å². The van der Waals surface area contributed by atoms with Crippen LogP contribution in [0.25, 0.3) is 0 Å². The van der Waals surface area contributed by atoms with E-state index in [4.69, 9.17) is 0 Å². The van der Waals surface area contributed by atoms with Crippen LogP contribution in [0.4, 0.5) is 0 Å². The third-order valence-electron chi connectivity index (χ3n) is 4.21. The second kappa shape index (κ2) is 5.68. The third-order valence-corrected chi connectivity index (χ3v) is 4.21. The molecule has 0 heterocycles. The van der Waals surface area contributed by atoms with Gasteiger partial charge in [0, 0.05) is 6.04 Å². The molecule has 1 heteroatoms. The Morgan fingerprint density at radius 2 is 2.18 bits per heavy atom. The summed E-state index contributed by atoms with van der Waals surface area (Å²) in [4.78, 5) is 0. The summed E-state index contributed by atoms with van der Waals surface area (Å²) in [5.41, 5.74) is 2.85. The molecule has 17 heavy (non-hydrogen) atoms. The molecule has 1 aromatic rings. The Bertz CT molecular complexity index is 358. The normalized spacial score (nSPS) is 26.1. The van der Waals surface area contributed by atoms with Crippen molar-refractivity contribution in [3.8, 4) is 0 Å². The van der Waals surface area contributed by atoms with Crippen LogP contribution in [0, 0.1) is 18.8 Å². The topological polar surface area (TPSA) is 12.0 Å². The van der Waals surface area contributed by atoms with Gasteiger partial charge in [-0.2, -0.15) is 0 Å². The molecule has 0 amide bonds. The molecule has 0 aromatic heterocycles. The summed E-state index contributed by atoms with van der Waals surface area (Å²) in [5.74, 6) is 1.80. The van der Waals surface area contributed by atoms with Crippen LogP contribution in [-0.2, 0) is 6.42 Å². The van der Waals surface area contributed by atoms with Gasteiger partial charge in [0.2, 0.25) is 0 Å². The van der Waals surface area contributed by atoms with Crippen molar-refractivity contribution in [3.63, 3.8) is 0 Å². The molecule has 94 valence electrons. The molecular weight excluding hydrogens is 206 g/mol. The number of hydrogen-bond donors (Lipinski definition) is 1. The Kier molecular flexibility index (Phi) is 4.22. The summed E-state index contributed by atoms with van der Waals surface area (Å²) < 4.78 is 0. The van der Waals surface area contributed by atoms with Crippen LogP contribution in [0.5, 0.6) is 0 Å². The first-order valence-electron chi connectivity index (χ1n) is 6.92. The number of aryl methyl sites for hydroxylation is 1. The number of nitrogens with one attached hydrogen (secondary N) is 1. The Morgan fingerprint density at radius 3 is 2.76 bits per heavy atom. The molecule has 1 aliphatic rings. The molecule has 1 nitrogen and oxygen atoms in total. The van der Waals surface area contributed by atoms with E-state index in [0.717, 1.165) is 11.8 Å². The summed E-state index contributed by atoms with van der Waals surface area (Å²) in [6.45, 7) is 4.56. The Labute approximate surface area is 106 Å². The molecule has 3 unspecified atom stereocenters. The highest BCUT2D eigenvalue weighted by Crippen LogP contribution is 2.33. The van der Waals surface area contributed by atoms with Crippen LogP contribution < -0.4 is 5.32 Å². The standard InChI is InChI=1S/C16H25N/c1-12-5-4-6-14(9-12)11-16(17-3)15-8-7-13(2)10-15/h4-6,9,13,15-17H,7-8,10-11H2,1-3H3. The lowest BCUT2D eigenvalue weighted by Gasteiger charge is -2.23. The van der Waals surface area contributed by atoms with Gasteiger partial charge in [0.25, 0.3) is 0 Å². The van der Waals surface area contributed by atoms with Gasteiger partial charge in [-0.25, -0.2) is 0 Å². The van der Waals surface area contributed by atoms with Crippen molar-refractivity contribution in [2.24, 2.45) is 11.8 Å². The Hall–Kier alpha value is -0.820. The van der Waals surface area contributed by atoms with E-state index in [-0.39, 0.29) is 0 Å². The highest BCUT2D eigenvalue weighted by molar-refractivity contribution is 5.23. The van der Waals surface area contributed by atoms with Crippen LogP contribution in [0.15, 0.2) is 24.3 Å².